The van der Waals surface area contributed by atoms with Crippen LogP contribution in [-0.2, 0) is 15.9 Å². The molecule has 0 bridgehead atoms. The molecule has 0 unspecified atom stereocenters. The molecular weight excluding hydrogens is 336 g/mol. The lowest BCUT2D eigenvalue weighted by Crippen LogP contribution is -2.28. The van der Waals surface area contributed by atoms with E-state index in [1.807, 2.05) is 0 Å². The number of hydrogen-bond donors (Lipinski definition) is 2. The number of ether oxygens (including phenoxy) is 2. The van der Waals surface area contributed by atoms with Crippen LogP contribution in [0.4, 0.5) is 5.69 Å². The van der Waals surface area contributed by atoms with Crippen LogP contribution in [0.25, 0.3) is 22.2 Å². The van der Waals surface area contributed by atoms with Gasteiger partial charge in [-0.25, -0.2) is 0 Å². The van der Waals surface area contributed by atoms with Gasteiger partial charge in [0.1, 0.15) is 0 Å². The van der Waals surface area contributed by atoms with Crippen molar-refractivity contribution in [1.82, 2.24) is 4.98 Å². The molecule has 1 fully saturated rings. The van der Waals surface area contributed by atoms with Gasteiger partial charge in [-0.1, -0.05) is 30.3 Å². The molecule has 1 aliphatic heterocycles. The summed E-state index contributed by atoms with van der Waals surface area (Å²) in [5.74, 6) is 0. The molecule has 2 aromatic carbocycles. The van der Waals surface area contributed by atoms with Crippen LogP contribution in [0, 0.1) is 0 Å². The largest absolute Gasteiger partial charge is 0.385 e. The summed E-state index contributed by atoms with van der Waals surface area (Å²) in [5.41, 5.74) is 6.12. The Balaban J connectivity index is 1.68. The van der Waals surface area contributed by atoms with Crippen molar-refractivity contribution in [2.24, 2.45) is 0 Å². The van der Waals surface area contributed by atoms with Crippen molar-refractivity contribution in [2.75, 3.05) is 32.2 Å². The third-order valence-electron chi connectivity index (χ3n) is 5.27. The van der Waals surface area contributed by atoms with E-state index in [4.69, 9.17) is 9.47 Å². The van der Waals surface area contributed by atoms with Gasteiger partial charge in [0.05, 0.1) is 11.2 Å². The highest BCUT2D eigenvalue weighted by Gasteiger charge is 2.16. The van der Waals surface area contributed by atoms with Gasteiger partial charge in [0.25, 0.3) is 0 Å². The lowest BCUT2D eigenvalue weighted by atomic mass is 10.0. The highest BCUT2D eigenvalue weighted by Crippen LogP contribution is 2.31. The molecule has 0 amide bonds. The highest BCUT2D eigenvalue weighted by molar-refractivity contribution is 5.95. The molecule has 2 N–H and O–H groups in total. The van der Waals surface area contributed by atoms with Crippen LogP contribution in [0.3, 0.4) is 0 Å². The van der Waals surface area contributed by atoms with Crippen molar-refractivity contribution in [3.8, 4) is 11.3 Å². The molecule has 142 valence electrons. The molecule has 4 rings (SSSR count). The summed E-state index contributed by atoms with van der Waals surface area (Å²) in [4.78, 5) is 3.65. The van der Waals surface area contributed by atoms with E-state index >= 15 is 0 Å². The van der Waals surface area contributed by atoms with Crippen LogP contribution in [0.2, 0.25) is 0 Å². The van der Waals surface area contributed by atoms with Gasteiger partial charge in [-0.15, -0.1) is 0 Å². The summed E-state index contributed by atoms with van der Waals surface area (Å²) >= 11 is 0. The van der Waals surface area contributed by atoms with E-state index < -0.39 is 0 Å². The molecule has 4 nitrogen and oxygen atoms in total. The lowest BCUT2D eigenvalue weighted by molar-refractivity contribution is 0.0905. The van der Waals surface area contributed by atoms with Gasteiger partial charge in [0.15, 0.2) is 0 Å². The zero-order valence-electron chi connectivity index (χ0n) is 16.0. The second-order valence-electron chi connectivity index (χ2n) is 7.28. The summed E-state index contributed by atoms with van der Waals surface area (Å²) in [5, 5.41) is 5.04. The Morgan fingerprint density at radius 1 is 1.11 bits per heavy atom. The van der Waals surface area contributed by atoms with Gasteiger partial charge in [0, 0.05) is 44.1 Å². The van der Waals surface area contributed by atoms with Crippen molar-refractivity contribution in [2.45, 2.75) is 31.7 Å². The average molecular weight is 364 g/mol. The fourth-order valence-corrected chi connectivity index (χ4v) is 3.82. The van der Waals surface area contributed by atoms with Crippen molar-refractivity contribution in [3.05, 3.63) is 54.1 Å². The number of aryl methyl sites for hydroxylation is 1. The summed E-state index contributed by atoms with van der Waals surface area (Å²) < 4.78 is 10.7. The number of aromatic nitrogens is 1. The molecule has 1 aliphatic rings. The minimum absolute atomic E-state index is 0.472. The molecule has 0 saturated carbocycles. The van der Waals surface area contributed by atoms with Crippen LogP contribution in [0.5, 0.6) is 0 Å². The molecule has 1 aromatic heterocycles. The topological polar surface area (TPSA) is 46.3 Å². The number of hydrogen-bond acceptors (Lipinski definition) is 3. The fourth-order valence-electron chi connectivity index (χ4n) is 3.82. The van der Waals surface area contributed by atoms with Crippen LogP contribution >= 0.6 is 0 Å². The zero-order valence-corrected chi connectivity index (χ0v) is 16.0. The third kappa shape index (κ3) is 4.34. The maximum atomic E-state index is 5.51. The minimum atomic E-state index is 0.472. The van der Waals surface area contributed by atoms with Crippen molar-refractivity contribution >= 4 is 16.6 Å². The second-order valence-corrected chi connectivity index (χ2v) is 7.28. The summed E-state index contributed by atoms with van der Waals surface area (Å²) in [6.07, 6.45) is 4.18. The summed E-state index contributed by atoms with van der Waals surface area (Å²) in [6, 6.07) is 17.9. The molecule has 0 spiro atoms. The molecule has 0 radical (unpaired) electrons. The molecule has 4 heteroatoms. The maximum Gasteiger partial charge on any atom is 0.0694 e. The number of benzene rings is 2. The number of methoxy groups -OCH3 is 1. The molecular formula is C23H28N2O2. The predicted octanol–water partition coefficient (Wildman–Crippen LogP) is 5.00. The van der Waals surface area contributed by atoms with Gasteiger partial charge < -0.3 is 19.8 Å². The van der Waals surface area contributed by atoms with Crippen LogP contribution < -0.4 is 5.32 Å². The Hall–Kier alpha value is -2.30. The summed E-state index contributed by atoms with van der Waals surface area (Å²) in [6.45, 7) is 2.48. The second kappa shape index (κ2) is 8.59. The van der Waals surface area contributed by atoms with E-state index in [-0.39, 0.29) is 0 Å². The Kier molecular flexibility index (Phi) is 5.75. The van der Waals surface area contributed by atoms with Crippen molar-refractivity contribution in [1.29, 1.82) is 0 Å². The van der Waals surface area contributed by atoms with E-state index in [0.29, 0.717) is 6.04 Å². The normalized spacial score (nSPS) is 15.3. The molecule has 0 aliphatic carbocycles. The summed E-state index contributed by atoms with van der Waals surface area (Å²) in [7, 11) is 1.76. The van der Waals surface area contributed by atoms with Gasteiger partial charge in [-0.3, -0.25) is 0 Å². The van der Waals surface area contributed by atoms with Crippen molar-refractivity contribution in [3.63, 3.8) is 0 Å². The van der Waals surface area contributed by atoms with E-state index in [2.05, 4.69) is 58.8 Å². The van der Waals surface area contributed by atoms with Crippen molar-refractivity contribution < 1.29 is 9.47 Å². The van der Waals surface area contributed by atoms with E-state index in [9.17, 15) is 0 Å². The third-order valence-corrected chi connectivity index (χ3v) is 5.27. The zero-order chi connectivity index (χ0) is 18.5. The van der Waals surface area contributed by atoms with E-state index in [1.54, 1.807) is 7.11 Å². The monoisotopic (exact) mass is 364 g/mol. The Bertz CT molecular complexity index is 867. The maximum absolute atomic E-state index is 5.51. The molecule has 27 heavy (non-hydrogen) atoms. The predicted molar refractivity (Wildman–Crippen MR) is 111 cm³/mol. The van der Waals surface area contributed by atoms with Gasteiger partial charge in [0.2, 0.25) is 0 Å². The Morgan fingerprint density at radius 3 is 2.70 bits per heavy atom. The molecule has 2 heterocycles. The average Bonchev–Trinajstić information content (AvgIpc) is 3.14. The number of rotatable bonds is 7. The number of nitrogens with one attached hydrogen (secondary N) is 2. The quantitative estimate of drug-likeness (QED) is 0.580. The molecule has 0 atom stereocenters. The van der Waals surface area contributed by atoms with E-state index in [0.717, 1.165) is 51.2 Å². The SMILES string of the molecule is COCCCc1cc(NC2CCOCC2)c2[nH]c(-c3ccccc3)cc2c1. The number of fused-ring (bicyclic) bond motifs is 1. The number of anilines is 1. The molecule has 1 saturated heterocycles. The first-order valence-electron chi connectivity index (χ1n) is 9.88. The van der Waals surface area contributed by atoms with Gasteiger partial charge in [-0.2, -0.15) is 0 Å². The highest BCUT2D eigenvalue weighted by atomic mass is 16.5. The van der Waals surface area contributed by atoms with Crippen LogP contribution in [-0.4, -0.2) is 38.0 Å². The Morgan fingerprint density at radius 2 is 1.93 bits per heavy atom. The smallest absolute Gasteiger partial charge is 0.0694 e. The molecule has 3 aromatic rings. The first-order chi connectivity index (χ1) is 13.3. The van der Waals surface area contributed by atoms with Crippen LogP contribution in [0.15, 0.2) is 48.5 Å². The fraction of sp³-hybridized carbons (Fsp3) is 0.391. The minimum Gasteiger partial charge on any atom is -0.385 e. The standard InChI is InChI=1S/C23H28N2O2/c1-26-11-5-6-17-14-19-16-21(18-7-3-2-4-8-18)25-23(19)22(15-17)24-20-9-12-27-13-10-20/h2-4,7-8,14-16,20,24-25H,5-6,9-13H2,1H3. The number of aromatic amines is 1. The lowest BCUT2D eigenvalue weighted by Gasteiger charge is -2.24. The van der Waals surface area contributed by atoms with Gasteiger partial charge >= 0.3 is 0 Å². The van der Waals surface area contributed by atoms with E-state index in [1.165, 1.54) is 27.7 Å². The first-order valence-corrected chi connectivity index (χ1v) is 9.88. The Labute approximate surface area is 160 Å². The first kappa shape index (κ1) is 18.1. The van der Waals surface area contributed by atoms with Gasteiger partial charge in [-0.05, 0) is 55.0 Å². The van der Waals surface area contributed by atoms with Crippen LogP contribution in [0.1, 0.15) is 24.8 Å². The number of H-pyrrole nitrogens is 1.